The van der Waals surface area contributed by atoms with Gasteiger partial charge in [0.2, 0.25) is 0 Å². The summed E-state index contributed by atoms with van der Waals surface area (Å²) in [6.45, 7) is 4.72. The van der Waals surface area contributed by atoms with Gasteiger partial charge < -0.3 is 10.5 Å². The molecule has 1 heterocycles. The third-order valence-corrected chi connectivity index (χ3v) is 3.97. The second-order valence-electron chi connectivity index (χ2n) is 5.43. The van der Waals surface area contributed by atoms with Crippen LogP contribution in [0.2, 0.25) is 0 Å². The lowest BCUT2D eigenvalue weighted by molar-refractivity contribution is -0.384. The molecule has 0 saturated carbocycles. The highest BCUT2D eigenvalue weighted by Crippen LogP contribution is 2.25. The molecule has 1 aromatic rings. The lowest BCUT2D eigenvalue weighted by Crippen LogP contribution is -2.43. The number of anilines is 1. The molecule has 6 heteroatoms. The Kier molecular flexibility index (Phi) is 4.57. The standard InChI is InChI=1S/C14H21N3O3/c1-10-5-6-16(9-14(10)20-2)8-11-3-4-12(15)13(7-11)17(18)19/h3-4,7,10,14H,5-6,8-9,15H2,1-2H3. The molecule has 1 aliphatic heterocycles. The molecule has 110 valence electrons. The minimum atomic E-state index is -0.435. The van der Waals surface area contributed by atoms with E-state index in [0.29, 0.717) is 12.5 Å². The molecular weight excluding hydrogens is 258 g/mol. The molecule has 2 atom stereocenters. The topological polar surface area (TPSA) is 81.6 Å². The summed E-state index contributed by atoms with van der Waals surface area (Å²) in [5, 5.41) is 10.9. The van der Waals surface area contributed by atoms with E-state index in [-0.39, 0.29) is 17.5 Å². The summed E-state index contributed by atoms with van der Waals surface area (Å²) in [7, 11) is 1.73. The van der Waals surface area contributed by atoms with Gasteiger partial charge in [-0.3, -0.25) is 15.0 Å². The Labute approximate surface area is 118 Å². The average molecular weight is 279 g/mol. The summed E-state index contributed by atoms with van der Waals surface area (Å²) in [6, 6.07) is 5.02. The highest BCUT2D eigenvalue weighted by Gasteiger charge is 2.26. The van der Waals surface area contributed by atoms with Crippen molar-refractivity contribution in [3.8, 4) is 0 Å². The number of nitro groups is 1. The van der Waals surface area contributed by atoms with Crippen LogP contribution < -0.4 is 5.73 Å². The van der Waals surface area contributed by atoms with Crippen LogP contribution in [0, 0.1) is 16.0 Å². The highest BCUT2D eigenvalue weighted by atomic mass is 16.6. The number of nitrogen functional groups attached to an aromatic ring is 1. The van der Waals surface area contributed by atoms with Crippen molar-refractivity contribution in [3.05, 3.63) is 33.9 Å². The van der Waals surface area contributed by atoms with Crippen LogP contribution in [0.15, 0.2) is 18.2 Å². The fraction of sp³-hybridized carbons (Fsp3) is 0.571. The van der Waals surface area contributed by atoms with E-state index >= 15 is 0 Å². The molecule has 0 aromatic heterocycles. The Morgan fingerprint density at radius 1 is 1.55 bits per heavy atom. The number of benzene rings is 1. The van der Waals surface area contributed by atoms with Gasteiger partial charge in [0.1, 0.15) is 5.69 Å². The van der Waals surface area contributed by atoms with Crippen molar-refractivity contribution in [2.45, 2.75) is 26.0 Å². The first-order chi connectivity index (χ1) is 9.51. The molecule has 1 aliphatic rings. The molecule has 2 unspecified atom stereocenters. The fourth-order valence-electron chi connectivity index (χ4n) is 2.65. The van der Waals surface area contributed by atoms with Gasteiger partial charge in [0.15, 0.2) is 0 Å². The van der Waals surface area contributed by atoms with Crippen LogP contribution in [0.1, 0.15) is 18.9 Å². The van der Waals surface area contributed by atoms with Crippen molar-refractivity contribution in [1.82, 2.24) is 4.90 Å². The van der Waals surface area contributed by atoms with Crippen molar-refractivity contribution in [3.63, 3.8) is 0 Å². The second kappa shape index (κ2) is 6.19. The Hall–Kier alpha value is -1.66. The average Bonchev–Trinajstić information content (AvgIpc) is 2.42. The van der Waals surface area contributed by atoms with E-state index < -0.39 is 4.92 Å². The van der Waals surface area contributed by atoms with Crippen LogP contribution in [0.3, 0.4) is 0 Å². The molecule has 0 radical (unpaired) electrons. The summed E-state index contributed by atoms with van der Waals surface area (Å²) < 4.78 is 5.48. The van der Waals surface area contributed by atoms with Gasteiger partial charge in [0.05, 0.1) is 11.0 Å². The molecule has 0 aliphatic carbocycles. The number of rotatable bonds is 4. The zero-order valence-electron chi connectivity index (χ0n) is 11.9. The van der Waals surface area contributed by atoms with Crippen LogP contribution in [0.5, 0.6) is 0 Å². The minimum absolute atomic E-state index is 0.0174. The van der Waals surface area contributed by atoms with Crippen molar-refractivity contribution in [1.29, 1.82) is 0 Å². The van der Waals surface area contributed by atoms with Crippen LogP contribution in [0.25, 0.3) is 0 Å². The minimum Gasteiger partial charge on any atom is -0.393 e. The SMILES string of the molecule is COC1CN(Cc2ccc(N)c([N+](=O)[O-])c2)CCC1C. The van der Waals surface area contributed by atoms with E-state index in [2.05, 4.69) is 11.8 Å². The number of methoxy groups -OCH3 is 1. The smallest absolute Gasteiger partial charge is 0.292 e. The van der Waals surface area contributed by atoms with Crippen LogP contribution in [-0.2, 0) is 11.3 Å². The second-order valence-corrected chi connectivity index (χ2v) is 5.43. The number of hydrogen-bond acceptors (Lipinski definition) is 5. The first-order valence-corrected chi connectivity index (χ1v) is 6.79. The van der Waals surface area contributed by atoms with Crippen molar-refractivity contribution >= 4 is 11.4 Å². The van der Waals surface area contributed by atoms with Gasteiger partial charge in [0.25, 0.3) is 5.69 Å². The molecular formula is C14H21N3O3. The number of nitrogens with zero attached hydrogens (tertiary/aromatic N) is 2. The molecule has 0 bridgehead atoms. The van der Waals surface area contributed by atoms with Crippen LogP contribution >= 0.6 is 0 Å². The van der Waals surface area contributed by atoms with Crippen LogP contribution in [-0.4, -0.2) is 36.1 Å². The fourth-order valence-corrected chi connectivity index (χ4v) is 2.65. The van der Waals surface area contributed by atoms with E-state index in [1.54, 1.807) is 19.2 Å². The maximum absolute atomic E-state index is 10.9. The lowest BCUT2D eigenvalue weighted by Gasteiger charge is -2.36. The number of nitrogens with two attached hydrogens (primary N) is 1. The Bertz CT molecular complexity index is 493. The predicted octanol–water partition coefficient (Wildman–Crippen LogP) is 2.03. The Morgan fingerprint density at radius 2 is 2.30 bits per heavy atom. The number of piperidine rings is 1. The van der Waals surface area contributed by atoms with Gasteiger partial charge in [-0.25, -0.2) is 0 Å². The van der Waals surface area contributed by atoms with Gasteiger partial charge in [-0.05, 0) is 30.5 Å². The highest BCUT2D eigenvalue weighted by molar-refractivity contribution is 5.59. The third-order valence-electron chi connectivity index (χ3n) is 3.97. The van der Waals surface area contributed by atoms with E-state index in [1.165, 1.54) is 0 Å². The molecule has 1 fully saturated rings. The summed E-state index contributed by atoms with van der Waals surface area (Å²) in [5.74, 6) is 0.553. The molecule has 2 rings (SSSR count). The number of nitro benzene ring substituents is 1. The van der Waals surface area contributed by atoms with Gasteiger partial charge in [-0.1, -0.05) is 13.0 Å². The van der Waals surface area contributed by atoms with Gasteiger partial charge >= 0.3 is 0 Å². The van der Waals surface area contributed by atoms with Crippen molar-refractivity contribution < 1.29 is 9.66 Å². The Morgan fingerprint density at radius 3 is 2.95 bits per heavy atom. The number of hydrogen-bond donors (Lipinski definition) is 1. The third kappa shape index (κ3) is 3.26. The lowest BCUT2D eigenvalue weighted by atomic mass is 9.95. The first kappa shape index (κ1) is 14.7. The largest absolute Gasteiger partial charge is 0.393 e. The van der Waals surface area contributed by atoms with E-state index in [9.17, 15) is 10.1 Å². The first-order valence-electron chi connectivity index (χ1n) is 6.79. The maximum Gasteiger partial charge on any atom is 0.292 e. The zero-order chi connectivity index (χ0) is 14.7. The summed E-state index contributed by atoms with van der Waals surface area (Å²) in [4.78, 5) is 12.7. The number of likely N-dealkylation sites (tertiary alicyclic amines) is 1. The van der Waals surface area contributed by atoms with E-state index in [4.69, 9.17) is 10.5 Å². The predicted molar refractivity (Wildman–Crippen MR) is 77.4 cm³/mol. The molecule has 20 heavy (non-hydrogen) atoms. The monoisotopic (exact) mass is 279 g/mol. The molecule has 1 saturated heterocycles. The molecule has 1 aromatic carbocycles. The molecule has 0 spiro atoms. The Balaban J connectivity index is 2.07. The normalized spacial score (nSPS) is 23.7. The molecule has 6 nitrogen and oxygen atoms in total. The van der Waals surface area contributed by atoms with Gasteiger partial charge in [-0.15, -0.1) is 0 Å². The summed E-state index contributed by atoms with van der Waals surface area (Å²) in [6.07, 6.45) is 1.31. The molecule has 0 amide bonds. The molecule has 2 N–H and O–H groups in total. The van der Waals surface area contributed by atoms with E-state index in [0.717, 1.165) is 25.1 Å². The van der Waals surface area contributed by atoms with Crippen molar-refractivity contribution in [2.75, 3.05) is 25.9 Å². The van der Waals surface area contributed by atoms with E-state index in [1.807, 2.05) is 6.07 Å². The van der Waals surface area contributed by atoms with Crippen LogP contribution in [0.4, 0.5) is 11.4 Å². The maximum atomic E-state index is 10.9. The number of ether oxygens (including phenoxy) is 1. The van der Waals surface area contributed by atoms with Crippen molar-refractivity contribution in [2.24, 2.45) is 5.92 Å². The summed E-state index contributed by atoms with van der Waals surface area (Å²) >= 11 is 0. The summed E-state index contributed by atoms with van der Waals surface area (Å²) in [5.41, 5.74) is 6.71. The zero-order valence-corrected chi connectivity index (χ0v) is 11.9. The van der Waals surface area contributed by atoms with Gasteiger partial charge in [-0.2, -0.15) is 0 Å². The quantitative estimate of drug-likeness (QED) is 0.518. The van der Waals surface area contributed by atoms with Gasteiger partial charge in [0, 0.05) is 26.3 Å².